The van der Waals surface area contributed by atoms with Gasteiger partial charge in [-0.05, 0) is 66.8 Å². The summed E-state index contributed by atoms with van der Waals surface area (Å²) in [7, 11) is 5.71. The maximum absolute atomic E-state index is 15.9. The summed E-state index contributed by atoms with van der Waals surface area (Å²) in [5.74, 6) is -10.3. The normalized spacial score (nSPS) is 12.1. The van der Waals surface area contributed by atoms with Gasteiger partial charge in [0.2, 0.25) is 22.9 Å². The van der Waals surface area contributed by atoms with E-state index in [-0.39, 0.29) is 16.8 Å². The van der Waals surface area contributed by atoms with Gasteiger partial charge in [-0.3, -0.25) is 0 Å². The summed E-state index contributed by atoms with van der Waals surface area (Å²) in [4.78, 5) is 17.0. The number of nitrogens with zero attached hydrogens (tertiary/aromatic N) is 5. The van der Waals surface area contributed by atoms with Crippen LogP contribution >= 0.6 is 0 Å². The fourth-order valence-electron chi connectivity index (χ4n) is 7.45. The molecule has 8 bridgehead atoms. The van der Waals surface area contributed by atoms with Crippen molar-refractivity contribution in [1.29, 1.82) is 0 Å². The maximum atomic E-state index is 15.9. The van der Waals surface area contributed by atoms with Crippen LogP contribution in [0.2, 0.25) is 0 Å². The predicted molar refractivity (Wildman–Crippen MR) is 204 cm³/mol. The van der Waals surface area contributed by atoms with Gasteiger partial charge in [0, 0.05) is 47.5 Å². The number of aromatic amines is 2. The Bertz CT molecular complexity index is 2960. The molecule has 0 fully saturated rings. The first-order chi connectivity index (χ1) is 27.1. The molecule has 0 spiro atoms. The molecule has 0 radical (unpaired) electrons. The lowest BCUT2D eigenvalue weighted by Gasteiger charge is -2.10. The molecule has 1 aromatic carbocycles. The van der Waals surface area contributed by atoms with Crippen LogP contribution in [0.3, 0.4) is 0 Å². The van der Waals surface area contributed by atoms with Crippen molar-refractivity contribution >= 4 is 46.4 Å². The maximum Gasteiger partial charge on any atom is 0.216 e. The van der Waals surface area contributed by atoms with Gasteiger partial charge >= 0.3 is 0 Å². The zero-order valence-electron chi connectivity index (χ0n) is 30.2. The van der Waals surface area contributed by atoms with E-state index in [2.05, 4.69) is 9.97 Å². The van der Waals surface area contributed by atoms with Crippen LogP contribution in [0, 0.1) is 29.1 Å². The summed E-state index contributed by atoms with van der Waals surface area (Å²) in [6.07, 6.45) is 12.7. The minimum Gasteiger partial charge on any atom is -0.354 e. The second kappa shape index (κ2) is 13.3. The molecular formula is C44H31F5N7+3. The number of H-pyrrole nitrogens is 2. The Morgan fingerprint density at radius 1 is 0.375 bits per heavy atom. The highest BCUT2D eigenvalue weighted by molar-refractivity contribution is 5.98. The van der Waals surface area contributed by atoms with Gasteiger partial charge in [0.1, 0.15) is 21.1 Å². The Balaban J connectivity index is 1.53. The van der Waals surface area contributed by atoms with Crippen molar-refractivity contribution in [2.45, 2.75) is 0 Å². The van der Waals surface area contributed by atoms with Gasteiger partial charge in [0.15, 0.2) is 41.9 Å². The van der Waals surface area contributed by atoms with E-state index in [1.807, 2.05) is 132 Å². The molecule has 0 amide bonds. The molecule has 2 aliphatic heterocycles. The van der Waals surface area contributed by atoms with Crippen LogP contribution in [0.5, 0.6) is 0 Å². The zero-order chi connectivity index (χ0) is 38.8. The van der Waals surface area contributed by atoms with Crippen LogP contribution in [-0.2, 0) is 21.1 Å². The molecule has 6 aromatic heterocycles. The van der Waals surface area contributed by atoms with Crippen molar-refractivity contribution in [3.8, 4) is 44.9 Å². The number of rotatable bonds is 4. The number of halogens is 5. The number of nitrogens with one attached hydrogen (secondary N) is 2. The molecule has 2 N–H and O–H groups in total. The van der Waals surface area contributed by atoms with E-state index in [0.29, 0.717) is 39.2 Å². The fourth-order valence-corrected chi connectivity index (χ4v) is 7.45. The average molecular weight is 753 g/mol. The fraction of sp³-hybridized carbons (Fsp3) is 0.0682. The smallest absolute Gasteiger partial charge is 0.216 e. The van der Waals surface area contributed by atoms with Gasteiger partial charge in [-0.25, -0.2) is 45.6 Å². The Kier molecular flexibility index (Phi) is 8.26. The quantitative estimate of drug-likeness (QED) is 0.0820. The monoisotopic (exact) mass is 752 g/mol. The van der Waals surface area contributed by atoms with Gasteiger partial charge in [0.05, 0.1) is 61.6 Å². The first-order valence-corrected chi connectivity index (χ1v) is 17.6. The lowest BCUT2D eigenvalue weighted by Crippen LogP contribution is -2.30. The number of hydrogen-bond donors (Lipinski definition) is 2. The summed E-state index contributed by atoms with van der Waals surface area (Å²) < 4.78 is 81.9. The van der Waals surface area contributed by atoms with Gasteiger partial charge in [-0.2, -0.15) is 0 Å². The predicted octanol–water partition coefficient (Wildman–Crippen LogP) is 8.49. The number of fused-ring (bicyclic) bond motifs is 8. The molecular weight excluding hydrogens is 722 g/mol. The van der Waals surface area contributed by atoms with Crippen molar-refractivity contribution in [1.82, 2.24) is 19.9 Å². The van der Waals surface area contributed by atoms with Crippen LogP contribution in [0.15, 0.2) is 97.5 Å². The van der Waals surface area contributed by atoms with Crippen LogP contribution in [0.4, 0.5) is 22.0 Å². The van der Waals surface area contributed by atoms with E-state index in [1.165, 1.54) is 6.08 Å². The topological polar surface area (TPSA) is 69.0 Å². The lowest BCUT2D eigenvalue weighted by atomic mass is 10.0. The van der Waals surface area contributed by atoms with Gasteiger partial charge < -0.3 is 9.97 Å². The molecule has 0 saturated carbocycles. The van der Waals surface area contributed by atoms with Crippen LogP contribution in [-0.4, -0.2) is 19.9 Å². The van der Waals surface area contributed by atoms with Crippen molar-refractivity contribution < 1.29 is 35.7 Å². The summed E-state index contributed by atoms with van der Waals surface area (Å²) >= 11 is 0. The minimum atomic E-state index is -2.25. The van der Waals surface area contributed by atoms with E-state index in [9.17, 15) is 13.2 Å². The third-order valence-corrected chi connectivity index (χ3v) is 10.1. The van der Waals surface area contributed by atoms with Crippen molar-refractivity contribution in [2.24, 2.45) is 21.1 Å². The van der Waals surface area contributed by atoms with Crippen LogP contribution < -0.4 is 13.7 Å². The van der Waals surface area contributed by atoms with Crippen molar-refractivity contribution in [3.63, 3.8) is 0 Å². The van der Waals surface area contributed by atoms with E-state index in [0.717, 1.165) is 28.2 Å². The third kappa shape index (κ3) is 5.52. The number of aryl methyl sites for hydroxylation is 3. The third-order valence-electron chi connectivity index (χ3n) is 10.1. The highest BCUT2D eigenvalue weighted by Crippen LogP contribution is 2.39. The number of hydrogen-bond acceptors (Lipinski definition) is 2. The summed E-state index contributed by atoms with van der Waals surface area (Å²) in [6, 6.07) is 24.4. The number of aromatic nitrogens is 7. The molecule has 274 valence electrons. The molecule has 7 aromatic rings. The van der Waals surface area contributed by atoms with Crippen molar-refractivity contribution in [2.75, 3.05) is 0 Å². The summed E-state index contributed by atoms with van der Waals surface area (Å²) in [6.45, 7) is 0. The molecule has 8 heterocycles. The summed E-state index contributed by atoms with van der Waals surface area (Å²) in [5.41, 5.74) is 6.59. The highest BCUT2D eigenvalue weighted by Gasteiger charge is 2.30. The zero-order valence-corrected chi connectivity index (χ0v) is 30.2. The first kappa shape index (κ1) is 34.7. The van der Waals surface area contributed by atoms with E-state index < -0.39 is 34.6 Å². The van der Waals surface area contributed by atoms with Crippen LogP contribution in [0.25, 0.3) is 91.3 Å². The van der Waals surface area contributed by atoms with E-state index >= 15 is 8.78 Å². The Labute approximate surface area is 316 Å². The lowest BCUT2D eigenvalue weighted by molar-refractivity contribution is -0.660. The van der Waals surface area contributed by atoms with Gasteiger partial charge in [-0.1, -0.05) is 0 Å². The van der Waals surface area contributed by atoms with Crippen molar-refractivity contribution in [3.05, 3.63) is 149 Å². The highest BCUT2D eigenvalue weighted by atomic mass is 19.2. The Morgan fingerprint density at radius 2 is 0.679 bits per heavy atom. The molecule has 7 nitrogen and oxygen atoms in total. The molecule has 0 aliphatic carbocycles. The number of pyridine rings is 3. The first-order valence-electron chi connectivity index (χ1n) is 17.6. The second-order valence-electron chi connectivity index (χ2n) is 13.5. The molecule has 2 aliphatic rings. The molecule has 0 saturated heterocycles. The standard InChI is InChI=1S/C44H30F5N7/c1-54-21-7-4-10-32(54)35-24-13-15-26(50-24)36(33-11-5-8-22-55(33)2)28-17-19-30(52-28)38(39-40(45)42(47)44(49)43(48)41(39)46)31-20-18-29(53-31)37(27-16-14-25(35)51-27)34-12-6-9-23-56(34)3/h4-23H,1-3H3,(H,50,51,52,53)/q+2/p+1. The molecule has 0 unspecified atom stereocenters. The van der Waals surface area contributed by atoms with Crippen LogP contribution in [0.1, 0.15) is 22.8 Å². The minimum absolute atomic E-state index is 0.0179. The Hall–Kier alpha value is -7.08. The van der Waals surface area contributed by atoms with E-state index in [4.69, 9.17) is 9.97 Å². The average Bonchev–Trinajstić information content (AvgIpc) is 4.04. The molecule has 56 heavy (non-hydrogen) atoms. The summed E-state index contributed by atoms with van der Waals surface area (Å²) in [5, 5.41) is 0. The SMILES string of the molecule is C[n+]1ccccc1-c1c2nc(c(-c3cccc[n+]3C)c3ccc([nH]3)c(-c3cccc[n+]3C)c3nc(c(-c4c(F)c(F)c(F)c(F)c4F)c4ccc1[nH]4)C=C3)C=C2. The largest absolute Gasteiger partial charge is 0.354 e. The molecule has 12 heteroatoms. The Morgan fingerprint density at radius 3 is 1.02 bits per heavy atom. The molecule has 0 atom stereocenters. The van der Waals surface area contributed by atoms with Gasteiger partial charge in [0.25, 0.3) is 0 Å². The number of benzene rings is 1. The van der Waals surface area contributed by atoms with E-state index in [1.54, 1.807) is 18.2 Å². The van der Waals surface area contributed by atoms with Gasteiger partial charge in [-0.15, -0.1) is 0 Å². The second-order valence-corrected chi connectivity index (χ2v) is 13.5. The molecule has 9 rings (SSSR count).